The van der Waals surface area contributed by atoms with E-state index in [1.54, 1.807) is 18.2 Å². The molecule has 1 heterocycles. The number of amides is 1. The van der Waals surface area contributed by atoms with Gasteiger partial charge in [-0.05, 0) is 42.8 Å². The van der Waals surface area contributed by atoms with E-state index in [0.29, 0.717) is 19.8 Å². The zero-order chi connectivity index (χ0) is 25.2. The lowest BCUT2D eigenvalue weighted by atomic mass is 10.1. The van der Waals surface area contributed by atoms with Crippen molar-refractivity contribution in [3.8, 4) is 11.4 Å². The second kappa shape index (κ2) is 10.4. The summed E-state index contributed by atoms with van der Waals surface area (Å²) in [7, 11) is 0. The van der Waals surface area contributed by atoms with Gasteiger partial charge in [-0.3, -0.25) is 9.36 Å². The van der Waals surface area contributed by atoms with Crippen molar-refractivity contribution >= 4 is 40.7 Å². The highest BCUT2D eigenvalue weighted by molar-refractivity contribution is 6.42. The zero-order valence-corrected chi connectivity index (χ0v) is 19.5. The maximum absolute atomic E-state index is 12.9. The second-order valence-electron chi connectivity index (χ2n) is 7.20. The molecule has 0 fully saturated rings. The quantitative estimate of drug-likeness (QED) is 0.472. The Kier molecular flexibility index (Phi) is 7.97. The predicted molar refractivity (Wildman–Crippen MR) is 122 cm³/mol. The van der Waals surface area contributed by atoms with Crippen LogP contribution in [0.3, 0.4) is 0 Å². The first-order chi connectivity index (χ1) is 15.9. The number of alkyl halides is 3. The average molecular weight is 537 g/mol. The van der Waals surface area contributed by atoms with Gasteiger partial charge in [0.1, 0.15) is 6.54 Å². The number of nitrogens with zero attached hydrogens (tertiary/aromatic N) is 3. The molecule has 1 aromatic heterocycles. The molecule has 0 saturated carbocycles. The van der Waals surface area contributed by atoms with Crippen molar-refractivity contribution in [2.45, 2.75) is 31.4 Å². The van der Waals surface area contributed by atoms with E-state index in [-0.39, 0.29) is 21.4 Å². The van der Waals surface area contributed by atoms with Gasteiger partial charge in [-0.25, -0.2) is 9.48 Å². The molecule has 2 aromatic carbocycles. The number of hydrogen-bond donors (Lipinski definition) is 2. The number of halogens is 6. The van der Waals surface area contributed by atoms with Gasteiger partial charge in [0.25, 0.3) is 0 Å². The minimum Gasteiger partial charge on any atom is -0.382 e. The first-order valence-corrected chi connectivity index (χ1v) is 10.8. The monoisotopic (exact) mass is 535 g/mol. The molecule has 0 saturated heterocycles. The number of aliphatic hydroxyl groups excluding tert-OH is 1. The Morgan fingerprint density at radius 1 is 1.15 bits per heavy atom. The molecule has 1 radical (unpaired) electrons. The Balaban J connectivity index is 1.89. The van der Waals surface area contributed by atoms with Crippen molar-refractivity contribution in [3.05, 3.63) is 80.5 Å². The summed E-state index contributed by atoms with van der Waals surface area (Å²) in [5.41, 5.74) is -0.337. The van der Waals surface area contributed by atoms with Crippen molar-refractivity contribution < 1.29 is 23.1 Å². The average Bonchev–Trinajstić information content (AvgIpc) is 3.05. The molecule has 0 bridgehead atoms. The van der Waals surface area contributed by atoms with Crippen LogP contribution in [0.1, 0.15) is 11.6 Å². The van der Waals surface area contributed by atoms with E-state index in [4.69, 9.17) is 34.8 Å². The third-order valence-electron chi connectivity index (χ3n) is 4.74. The summed E-state index contributed by atoms with van der Waals surface area (Å²) in [6.07, 6.45) is -7.79. The molecule has 0 spiro atoms. The van der Waals surface area contributed by atoms with E-state index in [1.165, 1.54) is 24.3 Å². The number of hydrogen-bond acceptors (Lipinski definition) is 4. The highest BCUT2D eigenvalue weighted by Crippen LogP contribution is 2.29. The number of carbonyl (C=O) groups excluding carboxylic acids is 1. The maximum Gasteiger partial charge on any atom is 0.416 e. The Morgan fingerprint density at radius 3 is 2.41 bits per heavy atom. The fraction of sp³-hybridized carbons (Fsp3) is 0.238. The molecule has 1 unspecified atom stereocenters. The van der Waals surface area contributed by atoms with Crippen LogP contribution in [0, 0.1) is 6.92 Å². The van der Waals surface area contributed by atoms with Crippen LogP contribution in [0.2, 0.25) is 15.1 Å². The molecule has 0 aliphatic rings. The molecule has 181 valence electrons. The topological polar surface area (TPSA) is 89.2 Å². The molecular formula is C21H17Cl3F3N4O3. The Labute approximate surface area is 206 Å². The first-order valence-electron chi connectivity index (χ1n) is 9.63. The molecule has 2 N–H and O–H groups in total. The summed E-state index contributed by atoms with van der Waals surface area (Å²) in [6.45, 7) is 2.06. The van der Waals surface area contributed by atoms with Gasteiger partial charge in [-0.2, -0.15) is 13.2 Å². The number of nitrogens with one attached hydrogen (secondary N) is 1. The Morgan fingerprint density at radius 2 is 1.79 bits per heavy atom. The van der Waals surface area contributed by atoms with Gasteiger partial charge in [-0.1, -0.05) is 46.9 Å². The zero-order valence-electron chi connectivity index (χ0n) is 17.2. The third-order valence-corrected chi connectivity index (χ3v) is 5.83. The van der Waals surface area contributed by atoms with Crippen LogP contribution in [0.4, 0.5) is 13.2 Å². The molecule has 3 rings (SSSR count). The third kappa shape index (κ3) is 5.93. The minimum absolute atomic E-state index is 0.179. The lowest BCUT2D eigenvalue weighted by Gasteiger charge is -2.16. The van der Waals surface area contributed by atoms with E-state index >= 15 is 0 Å². The van der Waals surface area contributed by atoms with Crippen molar-refractivity contribution in [1.29, 1.82) is 0 Å². The van der Waals surface area contributed by atoms with Crippen molar-refractivity contribution in [2.75, 3.05) is 0 Å². The molecule has 2 atom stereocenters. The molecular weight excluding hydrogens is 520 g/mol. The van der Waals surface area contributed by atoms with Gasteiger partial charge >= 0.3 is 11.9 Å². The summed E-state index contributed by atoms with van der Waals surface area (Å²) < 4.78 is 40.1. The first kappa shape index (κ1) is 26.1. The highest BCUT2D eigenvalue weighted by Gasteiger charge is 2.39. The van der Waals surface area contributed by atoms with Gasteiger partial charge in [0.05, 0.1) is 22.6 Å². The van der Waals surface area contributed by atoms with Gasteiger partial charge < -0.3 is 10.4 Å². The van der Waals surface area contributed by atoms with E-state index < -0.39 is 43.0 Å². The van der Waals surface area contributed by atoms with Crippen LogP contribution in [-0.2, 0) is 17.9 Å². The number of carbonyl (C=O) groups is 1. The van der Waals surface area contributed by atoms with Crippen LogP contribution in [0.15, 0.2) is 47.3 Å². The van der Waals surface area contributed by atoms with Crippen molar-refractivity contribution in [2.24, 2.45) is 0 Å². The van der Waals surface area contributed by atoms with Crippen molar-refractivity contribution in [1.82, 2.24) is 19.7 Å². The molecule has 34 heavy (non-hydrogen) atoms. The molecule has 13 heteroatoms. The van der Waals surface area contributed by atoms with Gasteiger partial charge in [0, 0.05) is 10.6 Å². The summed E-state index contributed by atoms with van der Waals surface area (Å²) >= 11 is 17.9. The van der Waals surface area contributed by atoms with Crippen LogP contribution >= 0.6 is 34.8 Å². The van der Waals surface area contributed by atoms with Crippen LogP contribution in [0.25, 0.3) is 11.4 Å². The van der Waals surface area contributed by atoms with Crippen LogP contribution in [0.5, 0.6) is 0 Å². The summed E-state index contributed by atoms with van der Waals surface area (Å²) in [5, 5.41) is 16.9. The summed E-state index contributed by atoms with van der Waals surface area (Å²) in [4.78, 5) is 25.4. The number of benzene rings is 2. The minimum atomic E-state index is -4.96. The lowest BCUT2D eigenvalue weighted by molar-refractivity contribution is -0.207. The van der Waals surface area contributed by atoms with Gasteiger partial charge in [0.15, 0.2) is 11.9 Å². The molecule has 1 amide bonds. The van der Waals surface area contributed by atoms with E-state index in [2.05, 4.69) is 17.3 Å². The number of aliphatic hydroxyl groups is 1. The Bertz CT molecular complexity index is 1240. The van der Waals surface area contributed by atoms with Crippen LogP contribution < -0.4 is 11.0 Å². The van der Waals surface area contributed by atoms with Gasteiger partial charge in [-0.15, -0.1) is 5.10 Å². The summed E-state index contributed by atoms with van der Waals surface area (Å²) in [6, 6.07) is 9.74. The smallest absolute Gasteiger partial charge is 0.382 e. The fourth-order valence-electron chi connectivity index (χ4n) is 3.04. The van der Waals surface area contributed by atoms with Crippen LogP contribution in [-0.4, -0.2) is 37.6 Å². The normalized spacial score (nSPS) is 13.5. The highest BCUT2D eigenvalue weighted by atomic mass is 35.5. The fourth-order valence-corrected chi connectivity index (χ4v) is 3.61. The summed E-state index contributed by atoms with van der Waals surface area (Å²) in [5.74, 6) is -0.886. The maximum atomic E-state index is 12.9. The number of rotatable bonds is 7. The number of aromatic nitrogens is 3. The standard InChI is InChI=1S/C21H17Cl3F3N4O3/c1-11(14-3-2-4-15(23)18(14)24)28-17(33)10-31-20(34)30(9-16(32)21(25,26)27)19(29-31)12-5-7-13(22)8-6-12/h2-8,11,16,32H,1,9-10H2,(H,28,33)/t11?,16-/m0/s1. The Hall–Kier alpha value is -2.53. The molecule has 3 aromatic rings. The molecule has 7 nitrogen and oxygen atoms in total. The SMILES string of the molecule is [CH2]C(NC(=O)Cn1nc(-c2ccc(Cl)cc2)n(C[C@H](O)C(F)(F)F)c1=O)c1cccc(Cl)c1Cl. The van der Waals surface area contributed by atoms with Gasteiger partial charge in [0.2, 0.25) is 5.91 Å². The van der Waals surface area contributed by atoms with E-state index in [1.807, 2.05) is 0 Å². The second-order valence-corrected chi connectivity index (χ2v) is 8.42. The molecule has 0 aliphatic heterocycles. The largest absolute Gasteiger partial charge is 0.416 e. The lowest BCUT2D eigenvalue weighted by Crippen LogP contribution is -2.38. The van der Waals surface area contributed by atoms with E-state index in [9.17, 15) is 27.9 Å². The predicted octanol–water partition coefficient (Wildman–Crippen LogP) is 4.29. The van der Waals surface area contributed by atoms with Crippen molar-refractivity contribution in [3.63, 3.8) is 0 Å². The van der Waals surface area contributed by atoms with E-state index in [0.717, 1.165) is 0 Å². The molecule has 0 aliphatic carbocycles.